The minimum atomic E-state index is -1.01. The fourth-order valence-electron chi connectivity index (χ4n) is 0.914. The molecule has 72 valence electrons. The van der Waals surface area contributed by atoms with Gasteiger partial charge in [-0.3, -0.25) is 5.32 Å². The molecule has 1 aromatic heterocycles. The Morgan fingerprint density at radius 3 is 2.46 bits per heavy atom. The molecule has 13 heavy (non-hydrogen) atoms. The summed E-state index contributed by atoms with van der Waals surface area (Å²) in [6, 6.07) is 3.75. The number of carboxylic acid groups (broad SMARTS) is 1. The van der Waals surface area contributed by atoms with Gasteiger partial charge in [0, 0.05) is 4.88 Å². The van der Waals surface area contributed by atoms with Gasteiger partial charge in [-0.15, -0.1) is 11.3 Å². The Morgan fingerprint density at radius 1 is 1.46 bits per heavy atom. The minimum absolute atomic E-state index is 0.0864. The van der Waals surface area contributed by atoms with Crippen LogP contribution in [0.25, 0.3) is 0 Å². The highest BCUT2D eigenvalue weighted by Gasteiger charge is 2.16. The van der Waals surface area contributed by atoms with Crippen LogP contribution in [0.15, 0.2) is 12.1 Å². The molecule has 1 aromatic rings. The lowest BCUT2D eigenvalue weighted by atomic mass is 9.95. The molecule has 0 aliphatic carbocycles. The number of hydrogen-bond donors (Lipinski definition) is 2. The number of thiophene rings is 1. The summed E-state index contributed by atoms with van der Waals surface area (Å²) in [5.74, 6) is 0. The lowest BCUT2D eigenvalue weighted by Gasteiger charge is -2.15. The lowest BCUT2D eigenvalue weighted by Crippen LogP contribution is -2.08. The third-order valence-electron chi connectivity index (χ3n) is 1.58. The van der Waals surface area contributed by atoms with Gasteiger partial charge in [0.2, 0.25) is 0 Å². The van der Waals surface area contributed by atoms with Crippen LogP contribution in [0.4, 0.5) is 9.80 Å². The molecule has 1 amide bonds. The van der Waals surface area contributed by atoms with Crippen molar-refractivity contribution in [1.29, 1.82) is 0 Å². The van der Waals surface area contributed by atoms with E-state index in [9.17, 15) is 4.79 Å². The molecule has 0 unspecified atom stereocenters. The minimum Gasteiger partial charge on any atom is -0.465 e. The number of amides is 1. The maximum absolute atomic E-state index is 10.3. The summed E-state index contributed by atoms with van der Waals surface area (Å²) < 4.78 is 0. The van der Waals surface area contributed by atoms with E-state index < -0.39 is 6.09 Å². The summed E-state index contributed by atoms with van der Waals surface area (Å²) >= 11 is 1.48. The van der Waals surface area contributed by atoms with E-state index in [1.807, 2.05) is 6.07 Å². The maximum atomic E-state index is 10.3. The second-order valence-corrected chi connectivity index (χ2v) is 4.93. The maximum Gasteiger partial charge on any atom is 0.409 e. The standard InChI is InChI=1S/C9H13NO2S/c1-9(2,3)6-4-5-7(13-6)10-8(11)12/h4-5,10H,1-3H3,(H,11,12). The number of rotatable bonds is 1. The molecule has 0 aromatic carbocycles. The first-order chi connectivity index (χ1) is 5.89. The van der Waals surface area contributed by atoms with Crippen molar-refractivity contribution >= 4 is 22.4 Å². The molecule has 0 saturated heterocycles. The monoisotopic (exact) mass is 199 g/mol. The Bertz CT molecular complexity index is 312. The molecule has 0 aliphatic heterocycles. The van der Waals surface area contributed by atoms with Crippen LogP contribution in [-0.2, 0) is 5.41 Å². The van der Waals surface area contributed by atoms with E-state index >= 15 is 0 Å². The highest BCUT2D eigenvalue weighted by atomic mass is 32.1. The third-order valence-corrected chi connectivity index (χ3v) is 3.00. The van der Waals surface area contributed by atoms with Crippen molar-refractivity contribution in [3.63, 3.8) is 0 Å². The van der Waals surface area contributed by atoms with Crippen LogP contribution in [0, 0.1) is 0 Å². The second kappa shape index (κ2) is 3.38. The smallest absolute Gasteiger partial charge is 0.409 e. The van der Waals surface area contributed by atoms with Crippen molar-refractivity contribution in [3.8, 4) is 0 Å². The first-order valence-electron chi connectivity index (χ1n) is 4.00. The molecule has 2 N–H and O–H groups in total. The molecule has 1 heterocycles. The van der Waals surface area contributed by atoms with Crippen molar-refractivity contribution in [2.75, 3.05) is 5.32 Å². The van der Waals surface area contributed by atoms with Crippen molar-refractivity contribution in [1.82, 2.24) is 0 Å². The molecule has 3 nitrogen and oxygen atoms in total. The van der Waals surface area contributed by atoms with Gasteiger partial charge >= 0.3 is 6.09 Å². The molecular formula is C9H13NO2S. The molecule has 0 aliphatic rings. The fraction of sp³-hybridized carbons (Fsp3) is 0.444. The van der Waals surface area contributed by atoms with Crippen molar-refractivity contribution in [2.24, 2.45) is 0 Å². The van der Waals surface area contributed by atoms with Gasteiger partial charge in [-0.2, -0.15) is 0 Å². The van der Waals surface area contributed by atoms with Crippen molar-refractivity contribution in [2.45, 2.75) is 26.2 Å². The van der Waals surface area contributed by atoms with E-state index in [4.69, 9.17) is 5.11 Å². The zero-order valence-corrected chi connectivity index (χ0v) is 8.73. The number of hydrogen-bond acceptors (Lipinski definition) is 2. The Labute approximate surface area is 81.4 Å². The van der Waals surface area contributed by atoms with Gasteiger partial charge in [0.1, 0.15) is 0 Å². The van der Waals surface area contributed by atoms with Gasteiger partial charge < -0.3 is 5.11 Å². The molecular weight excluding hydrogens is 186 g/mol. The topological polar surface area (TPSA) is 49.3 Å². The highest BCUT2D eigenvalue weighted by molar-refractivity contribution is 7.16. The van der Waals surface area contributed by atoms with E-state index in [2.05, 4.69) is 26.1 Å². The van der Waals surface area contributed by atoms with E-state index in [0.29, 0.717) is 5.00 Å². The summed E-state index contributed by atoms with van der Waals surface area (Å²) in [5.41, 5.74) is 0.0864. The first-order valence-corrected chi connectivity index (χ1v) is 4.81. The summed E-state index contributed by atoms with van der Waals surface area (Å²) in [6.07, 6.45) is -1.01. The molecule has 0 fully saturated rings. The van der Waals surface area contributed by atoms with Crippen LogP contribution in [0.1, 0.15) is 25.6 Å². The number of carbonyl (C=O) groups is 1. The van der Waals surface area contributed by atoms with Gasteiger partial charge in [-0.25, -0.2) is 4.79 Å². The van der Waals surface area contributed by atoms with Gasteiger partial charge in [0.05, 0.1) is 5.00 Å². The van der Waals surface area contributed by atoms with E-state index in [1.54, 1.807) is 6.07 Å². The quantitative estimate of drug-likeness (QED) is 0.730. The molecule has 0 saturated carbocycles. The average molecular weight is 199 g/mol. The van der Waals surface area contributed by atoms with Crippen LogP contribution >= 0.6 is 11.3 Å². The summed E-state index contributed by atoms with van der Waals surface area (Å²) in [6.45, 7) is 6.30. The number of nitrogens with one attached hydrogen (secondary N) is 1. The Kier molecular flexibility index (Phi) is 2.61. The van der Waals surface area contributed by atoms with Crippen molar-refractivity contribution in [3.05, 3.63) is 17.0 Å². The summed E-state index contributed by atoms with van der Waals surface area (Å²) in [7, 11) is 0. The molecule has 0 spiro atoms. The molecule has 4 heteroatoms. The van der Waals surface area contributed by atoms with Gasteiger partial charge in [0.15, 0.2) is 0 Å². The van der Waals surface area contributed by atoms with Crippen LogP contribution in [0.5, 0.6) is 0 Å². The van der Waals surface area contributed by atoms with Gasteiger partial charge in [-0.1, -0.05) is 20.8 Å². The van der Waals surface area contributed by atoms with Crippen LogP contribution in [0.2, 0.25) is 0 Å². The predicted octanol–water partition coefficient (Wildman–Crippen LogP) is 3.14. The first kappa shape index (κ1) is 10.1. The summed E-state index contributed by atoms with van der Waals surface area (Å²) in [4.78, 5) is 11.5. The Hall–Kier alpha value is -1.03. The van der Waals surface area contributed by atoms with E-state index in [0.717, 1.165) is 0 Å². The van der Waals surface area contributed by atoms with Gasteiger partial charge in [-0.05, 0) is 17.5 Å². The molecule has 0 atom stereocenters. The predicted molar refractivity (Wildman–Crippen MR) is 54.7 cm³/mol. The zero-order chi connectivity index (χ0) is 10.1. The van der Waals surface area contributed by atoms with Crippen LogP contribution in [0.3, 0.4) is 0 Å². The Balaban J connectivity index is 2.81. The van der Waals surface area contributed by atoms with E-state index in [-0.39, 0.29) is 5.41 Å². The zero-order valence-electron chi connectivity index (χ0n) is 7.92. The molecule has 0 radical (unpaired) electrons. The normalized spacial score (nSPS) is 11.3. The Morgan fingerprint density at radius 2 is 2.08 bits per heavy atom. The molecule has 0 bridgehead atoms. The highest BCUT2D eigenvalue weighted by Crippen LogP contribution is 2.31. The van der Waals surface area contributed by atoms with E-state index in [1.165, 1.54) is 16.2 Å². The van der Waals surface area contributed by atoms with Crippen LogP contribution < -0.4 is 5.32 Å². The second-order valence-electron chi connectivity index (χ2n) is 3.84. The summed E-state index contributed by atoms with van der Waals surface area (Å²) in [5, 5.41) is 11.5. The van der Waals surface area contributed by atoms with Gasteiger partial charge in [0.25, 0.3) is 0 Å². The van der Waals surface area contributed by atoms with Crippen LogP contribution in [-0.4, -0.2) is 11.2 Å². The fourth-order valence-corrected chi connectivity index (χ4v) is 1.87. The van der Waals surface area contributed by atoms with Crippen molar-refractivity contribution < 1.29 is 9.90 Å². The third kappa shape index (κ3) is 2.73. The average Bonchev–Trinajstić information content (AvgIpc) is 2.32. The lowest BCUT2D eigenvalue weighted by molar-refractivity contribution is 0.210. The largest absolute Gasteiger partial charge is 0.465 e. The number of anilines is 1. The molecule has 1 rings (SSSR count). The SMILES string of the molecule is CC(C)(C)c1ccc(NC(=O)O)s1.